The number of thioether (sulfide) groups is 1. The number of nitrogens with one attached hydrogen (secondary N) is 1. The molecule has 0 aliphatic heterocycles. The molecule has 0 spiro atoms. The standard InChI is InChI=1S/C16H15N3OS/c1-12-6-7-18-15(8-12)19-16(20)11-21-10-14-4-2-13(9-17)3-5-14/h2-8H,10-11H2,1H3,(H,18,19,20). The van der Waals surface area contributed by atoms with Gasteiger partial charge in [0.2, 0.25) is 5.91 Å². The predicted molar refractivity (Wildman–Crippen MR) is 84.9 cm³/mol. The molecule has 0 aliphatic carbocycles. The van der Waals surface area contributed by atoms with E-state index >= 15 is 0 Å². The molecule has 2 aromatic rings. The third kappa shape index (κ3) is 4.93. The third-order valence-electron chi connectivity index (χ3n) is 2.77. The molecule has 1 aromatic carbocycles. The van der Waals surface area contributed by atoms with E-state index in [2.05, 4.69) is 16.4 Å². The van der Waals surface area contributed by atoms with Crippen molar-refractivity contribution in [2.75, 3.05) is 11.1 Å². The summed E-state index contributed by atoms with van der Waals surface area (Å²) in [5, 5.41) is 11.5. The number of nitrogens with zero attached hydrogens (tertiary/aromatic N) is 2. The summed E-state index contributed by atoms with van der Waals surface area (Å²) in [6, 6.07) is 13.2. The van der Waals surface area contributed by atoms with Gasteiger partial charge in [0.15, 0.2) is 0 Å². The van der Waals surface area contributed by atoms with E-state index in [0.717, 1.165) is 16.9 Å². The zero-order valence-corrected chi connectivity index (χ0v) is 12.5. The van der Waals surface area contributed by atoms with Crippen molar-refractivity contribution < 1.29 is 4.79 Å². The molecule has 106 valence electrons. The molecule has 5 heteroatoms. The maximum absolute atomic E-state index is 11.8. The Hall–Kier alpha value is -2.32. The fourth-order valence-corrected chi connectivity index (χ4v) is 2.51. The molecule has 1 amide bonds. The second-order valence-corrected chi connectivity index (χ2v) is 5.55. The van der Waals surface area contributed by atoms with Crippen molar-refractivity contribution in [1.29, 1.82) is 5.26 Å². The molecular formula is C16H15N3OS. The Balaban J connectivity index is 1.77. The lowest BCUT2D eigenvalue weighted by Crippen LogP contribution is -2.15. The topological polar surface area (TPSA) is 65.8 Å². The predicted octanol–water partition coefficient (Wildman–Crippen LogP) is 3.13. The van der Waals surface area contributed by atoms with Crippen LogP contribution in [0.1, 0.15) is 16.7 Å². The maximum atomic E-state index is 11.8. The SMILES string of the molecule is Cc1ccnc(NC(=O)CSCc2ccc(C#N)cc2)c1. The third-order valence-corrected chi connectivity index (χ3v) is 3.77. The van der Waals surface area contributed by atoms with Crippen LogP contribution < -0.4 is 5.32 Å². The number of carbonyl (C=O) groups excluding carboxylic acids is 1. The van der Waals surface area contributed by atoms with Crippen LogP contribution in [0.5, 0.6) is 0 Å². The second-order valence-electron chi connectivity index (χ2n) is 4.57. The molecule has 2 rings (SSSR count). The number of amides is 1. The van der Waals surface area contributed by atoms with Crippen LogP contribution in [-0.4, -0.2) is 16.6 Å². The van der Waals surface area contributed by atoms with Gasteiger partial charge in [0, 0.05) is 11.9 Å². The summed E-state index contributed by atoms with van der Waals surface area (Å²) in [6.07, 6.45) is 1.68. The fraction of sp³-hybridized carbons (Fsp3) is 0.188. The normalized spacial score (nSPS) is 9.90. The number of nitriles is 1. The van der Waals surface area contributed by atoms with E-state index in [4.69, 9.17) is 5.26 Å². The monoisotopic (exact) mass is 297 g/mol. The van der Waals surface area contributed by atoms with Crippen molar-refractivity contribution >= 4 is 23.5 Å². The molecule has 0 saturated heterocycles. The van der Waals surface area contributed by atoms with Crippen LogP contribution in [-0.2, 0) is 10.5 Å². The largest absolute Gasteiger partial charge is 0.310 e. The highest BCUT2D eigenvalue weighted by atomic mass is 32.2. The molecule has 1 N–H and O–H groups in total. The summed E-state index contributed by atoms with van der Waals surface area (Å²) in [4.78, 5) is 15.9. The van der Waals surface area contributed by atoms with Gasteiger partial charge in [-0.25, -0.2) is 4.98 Å². The average molecular weight is 297 g/mol. The van der Waals surface area contributed by atoms with E-state index in [1.54, 1.807) is 18.3 Å². The first-order valence-corrected chi connectivity index (χ1v) is 7.62. The summed E-state index contributed by atoms with van der Waals surface area (Å²) < 4.78 is 0. The number of benzene rings is 1. The average Bonchev–Trinajstić information content (AvgIpc) is 2.48. The first kappa shape index (κ1) is 15.1. The summed E-state index contributed by atoms with van der Waals surface area (Å²) in [5.74, 6) is 1.63. The molecule has 4 nitrogen and oxygen atoms in total. The van der Waals surface area contributed by atoms with Crippen molar-refractivity contribution in [3.8, 4) is 6.07 Å². The number of carbonyl (C=O) groups is 1. The Morgan fingerprint density at radius 2 is 2.10 bits per heavy atom. The smallest absolute Gasteiger partial charge is 0.235 e. The van der Waals surface area contributed by atoms with E-state index in [1.807, 2.05) is 31.2 Å². The van der Waals surface area contributed by atoms with Gasteiger partial charge in [0.1, 0.15) is 5.82 Å². The lowest BCUT2D eigenvalue weighted by Gasteiger charge is -2.05. The quantitative estimate of drug-likeness (QED) is 0.920. The Kier molecular flexibility index (Phi) is 5.35. The highest BCUT2D eigenvalue weighted by Gasteiger charge is 2.04. The van der Waals surface area contributed by atoms with E-state index in [1.165, 1.54) is 11.8 Å². The molecule has 0 unspecified atom stereocenters. The number of hydrogen-bond acceptors (Lipinski definition) is 4. The van der Waals surface area contributed by atoms with Gasteiger partial charge in [-0.2, -0.15) is 5.26 Å². The van der Waals surface area contributed by atoms with Gasteiger partial charge in [0.25, 0.3) is 0 Å². The summed E-state index contributed by atoms with van der Waals surface area (Å²) >= 11 is 1.53. The van der Waals surface area contributed by atoms with Crippen molar-refractivity contribution in [2.24, 2.45) is 0 Å². The van der Waals surface area contributed by atoms with Crippen LogP contribution in [0, 0.1) is 18.3 Å². The number of rotatable bonds is 5. The molecule has 0 radical (unpaired) electrons. The van der Waals surface area contributed by atoms with Crippen LogP contribution in [0.2, 0.25) is 0 Å². The van der Waals surface area contributed by atoms with E-state index in [-0.39, 0.29) is 5.91 Å². The first-order valence-electron chi connectivity index (χ1n) is 6.46. The highest BCUT2D eigenvalue weighted by Crippen LogP contribution is 2.13. The minimum atomic E-state index is -0.0632. The number of anilines is 1. The molecular weight excluding hydrogens is 282 g/mol. The summed E-state index contributed by atoms with van der Waals surface area (Å²) in [5.41, 5.74) is 2.80. The van der Waals surface area contributed by atoms with Crippen LogP contribution >= 0.6 is 11.8 Å². The summed E-state index contributed by atoms with van der Waals surface area (Å²) in [6.45, 7) is 1.96. The molecule has 0 saturated carbocycles. The number of aromatic nitrogens is 1. The fourth-order valence-electron chi connectivity index (χ4n) is 1.72. The molecule has 1 heterocycles. The maximum Gasteiger partial charge on any atom is 0.235 e. The molecule has 0 atom stereocenters. The van der Waals surface area contributed by atoms with Crippen LogP contribution in [0.3, 0.4) is 0 Å². The van der Waals surface area contributed by atoms with Gasteiger partial charge < -0.3 is 5.32 Å². The molecule has 0 fully saturated rings. The second kappa shape index (κ2) is 7.46. The van der Waals surface area contributed by atoms with Crippen molar-refractivity contribution in [3.63, 3.8) is 0 Å². The Morgan fingerprint density at radius 1 is 1.33 bits per heavy atom. The lowest BCUT2D eigenvalue weighted by atomic mass is 10.2. The van der Waals surface area contributed by atoms with E-state index in [9.17, 15) is 4.79 Å². The minimum absolute atomic E-state index is 0.0632. The van der Waals surface area contributed by atoms with Gasteiger partial charge in [-0.1, -0.05) is 12.1 Å². The molecule has 0 aliphatic rings. The molecule has 0 bridgehead atoms. The van der Waals surface area contributed by atoms with Crippen molar-refractivity contribution in [2.45, 2.75) is 12.7 Å². The molecule has 1 aromatic heterocycles. The number of aryl methyl sites for hydroxylation is 1. The van der Waals surface area contributed by atoms with Gasteiger partial charge in [-0.05, 0) is 42.3 Å². The number of hydrogen-bond donors (Lipinski definition) is 1. The summed E-state index contributed by atoms with van der Waals surface area (Å²) in [7, 11) is 0. The van der Waals surface area contributed by atoms with Crippen LogP contribution in [0.25, 0.3) is 0 Å². The van der Waals surface area contributed by atoms with Gasteiger partial charge in [-0.3, -0.25) is 4.79 Å². The van der Waals surface area contributed by atoms with Crippen LogP contribution in [0.15, 0.2) is 42.6 Å². The van der Waals surface area contributed by atoms with Crippen LogP contribution in [0.4, 0.5) is 5.82 Å². The van der Waals surface area contributed by atoms with Crippen molar-refractivity contribution in [1.82, 2.24) is 4.98 Å². The Bertz CT molecular complexity index is 662. The Morgan fingerprint density at radius 3 is 2.76 bits per heavy atom. The molecule has 21 heavy (non-hydrogen) atoms. The first-order chi connectivity index (χ1) is 10.2. The van der Waals surface area contributed by atoms with E-state index < -0.39 is 0 Å². The van der Waals surface area contributed by atoms with Gasteiger partial charge >= 0.3 is 0 Å². The zero-order chi connectivity index (χ0) is 15.1. The Labute approximate surface area is 128 Å². The van der Waals surface area contributed by atoms with E-state index in [0.29, 0.717) is 17.1 Å². The van der Waals surface area contributed by atoms with Gasteiger partial charge in [0.05, 0.1) is 17.4 Å². The highest BCUT2D eigenvalue weighted by molar-refractivity contribution is 7.99. The minimum Gasteiger partial charge on any atom is -0.310 e. The lowest BCUT2D eigenvalue weighted by molar-refractivity contribution is -0.113. The zero-order valence-electron chi connectivity index (χ0n) is 11.7. The van der Waals surface area contributed by atoms with Gasteiger partial charge in [-0.15, -0.1) is 11.8 Å². The number of pyridine rings is 1. The van der Waals surface area contributed by atoms with Crippen molar-refractivity contribution in [3.05, 3.63) is 59.3 Å².